The van der Waals surface area contributed by atoms with E-state index < -0.39 is 5.91 Å². The molecule has 0 unspecified atom stereocenters. The summed E-state index contributed by atoms with van der Waals surface area (Å²) in [5.41, 5.74) is 1.90. The van der Waals surface area contributed by atoms with Crippen molar-refractivity contribution >= 4 is 51.9 Å². The van der Waals surface area contributed by atoms with Crippen LogP contribution in [0.2, 0.25) is 5.02 Å². The summed E-state index contributed by atoms with van der Waals surface area (Å²) in [6.07, 6.45) is 1.49. The molecule has 2 aromatic rings. The number of carbonyl (C=O) groups is 1. The van der Waals surface area contributed by atoms with E-state index in [1.165, 1.54) is 13.2 Å². The summed E-state index contributed by atoms with van der Waals surface area (Å²) in [6.45, 7) is 1.83. The number of nitrogens with one attached hydrogen (secondary N) is 1. The number of halogens is 2. The molecule has 1 N–H and O–H groups in total. The van der Waals surface area contributed by atoms with E-state index in [1.54, 1.807) is 31.4 Å². The minimum atomic E-state index is -0.534. The first-order valence-electron chi connectivity index (χ1n) is 7.51. The monoisotopic (exact) mass is 482 g/mol. The fourth-order valence-corrected chi connectivity index (χ4v) is 3.42. The van der Waals surface area contributed by atoms with E-state index in [4.69, 9.17) is 21.1 Å². The van der Waals surface area contributed by atoms with Crippen LogP contribution in [0, 0.1) is 21.8 Å². The van der Waals surface area contributed by atoms with Crippen molar-refractivity contribution in [1.29, 1.82) is 5.26 Å². The number of nitrogens with zero attached hydrogens (tertiary/aromatic N) is 1. The number of rotatable bonds is 5. The highest BCUT2D eigenvalue weighted by Crippen LogP contribution is 2.34. The molecule has 0 aliphatic carbocycles. The number of amides is 1. The molecule has 1 amide bonds. The van der Waals surface area contributed by atoms with Gasteiger partial charge in [0.05, 0.1) is 28.5 Å². The Morgan fingerprint density at radius 2 is 2.04 bits per heavy atom. The number of methoxy groups -OCH3 is 2. The van der Waals surface area contributed by atoms with E-state index in [-0.39, 0.29) is 5.57 Å². The van der Waals surface area contributed by atoms with Crippen molar-refractivity contribution in [2.45, 2.75) is 6.92 Å². The second kappa shape index (κ2) is 8.92. The van der Waals surface area contributed by atoms with Gasteiger partial charge >= 0.3 is 0 Å². The maximum Gasteiger partial charge on any atom is 0.266 e. The Morgan fingerprint density at radius 3 is 2.62 bits per heavy atom. The number of hydrogen-bond donors (Lipinski definition) is 1. The van der Waals surface area contributed by atoms with E-state index in [0.29, 0.717) is 27.8 Å². The number of anilines is 1. The molecule has 0 aromatic heterocycles. The smallest absolute Gasteiger partial charge is 0.266 e. The Morgan fingerprint density at radius 1 is 1.31 bits per heavy atom. The summed E-state index contributed by atoms with van der Waals surface area (Å²) in [5, 5.41) is 12.5. The average molecular weight is 483 g/mol. The Labute approximate surface area is 170 Å². The third-order valence-electron chi connectivity index (χ3n) is 3.59. The largest absolute Gasteiger partial charge is 0.493 e. The molecule has 134 valence electrons. The van der Waals surface area contributed by atoms with Gasteiger partial charge < -0.3 is 14.8 Å². The predicted octanol–water partition coefficient (Wildman–Crippen LogP) is 4.82. The summed E-state index contributed by atoms with van der Waals surface area (Å²) >= 11 is 8.23. The van der Waals surface area contributed by atoms with Crippen molar-refractivity contribution in [2.24, 2.45) is 0 Å². The first-order valence-corrected chi connectivity index (χ1v) is 8.96. The van der Waals surface area contributed by atoms with Crippen molar-refractivity contribution in [3.8, 4) is 17.6 Å². The van der Waals surface area contributed by atoms with Crippen molar-refractivity contribution < 1.29 is 14.3 Å². The summed E-state index contributed by atoms with van der Waals surface area (Å²) < 4.78 is 11.4. The van der Waals surface area contributed by atoms with Gasteiger partial charge in [0, 0.05) is 0 Å². The van der Waals surface area contributed by atoms with Gasteiger partial charge in [-0.15, -0.1) is 0 Å². The van der Waals surface area contributed by atoms with Crippen LogP contribution in [0.4, 0.5) is 5.69 Å². The molecule has 0 fully saturated rings. The van der Waals surface area contributed by atoms with Crippen LogP contribution in [0.15, 0.2) is 35.9 Å². The van der Waals surface area contributed by atoms with Gasteiger partial charge in [-0.05, 0) is 64.9 Å². The Kier molecular flexibility index (Phi) is 6.89. The molecule has 2 rings (SSSR count). The molecule has 0 atom stereocenters. The van der Waals surface area contributed by atoms with Crippen LogP contribution in [-0.2, 0) is 4.79 Å². The first kappa shape index (κ1) is 20.1. The normalized spacial score (nSPS) is 10.8. The lowest BCUT2D eigenvalue weighted by Gasteiger charge is -2.11. The molecule has 0 heterocycles. The van der Waals surface area contributed by atoms with Crippen molar-refractivity contribution in [1.82, 2.24) is 0 Å². The molecule has 0 aliphatic rings. The quantitative estimate of drug-likeness (QED) is 0.377. The van der Waals surface area contributed by atoms with Crippen LogP contribution in [-0.4, -0.2) is 20.1 Å². The summed E-state index contributed by atoms with van der Waals surface area (Å²) in [7, 11) is 3.08. The SMILES string of the molecule is COc1cc(C=C(C#N)C(=O)Nc2c(C)cccc2Cl)cc(I)c1OC. The van der Waals surface area contributed by atoms with Crippen LogP contribution in [0.1, 0.15) is 11.1 Å². The van der Waals surface area contributed by atoms with Crippen LogP contribution in [0.5, 0.6) is 11.5 Å². The number of benzene rings is 2. The number of ether oxygens (including phenoxy) is 2. The third-order valence-corrected chi connectivity index (χ3v) is 4.71. The number of carbonyl (C=O) groups excluding carboxylic acids is 1. The van der Waals surface area contributed by atoms with Crippen molar-refractivity contribution in [3.05, 3.63) is 55.6 Å². The Hall–Kier alpha value is -2.24. The highest BCUT2D eigenvalue weighted by molar-refractivity contribution is 14.1. The number of para-hydroxylation sites is 1. The lowest BCUT2D eigenvalue weighted by Crippen LogP contribution is -2.14. The first-order chi connectivity index (χ1) is 12.4. The van der Waals surface area contributed by atoms with E-state index >= 15 is 0 Å². The van der Waals surface area contributed by atoms with E-state index in [9.17, 15) is 10.1 Å². The number of nitriles is 1. The number of hydrogen-bond acceptors (Lipinski definition) is 4. The maximum absolute atomic E-state index is 12.5. The predicted molar refractivity (Wildman–Crippen MR) is 111 cm³/mol. The second-order valence-electron chi connectivity index (χ2n) is 5.29. The van der Waals surface area contributed by atoms with Crippen LogP contribution < -0.4 is 14.8 Å². The zero-order valence-electron chi connectivity index (χ0n) is 14.4. The zero-order valence-corrected chi connectivity index (χ0v) is 17.3. The highest BCUT2D eigenvalue weighted by atomic mass is 127. The van der Waals surface area contributed by atoms with Gasteiger partial charge in [-0.25, -0.2) is 0 Å². The number of aryl methyl sites for hydroxylation is 1. The molecule has 0 saturated carbocycles. The molecular weight excluding hydrogens is 467 g/mol. The van der Waals surface area contributed by atoms with Gasteiger partial charge in [-0.3, -0.25) is 4.79 Å². The molecule has 5 nitrogen and oxygen atoms in total. The zero-order chi connectivity index (χ0) is 19.3. The minimum Gasteiger partial charge on any atom is -0.493 e. The van der Waals surface area contributed by atoms with Gasteiger partial charge in [-0.2, -0.15) is 5.26 Å². The summed E-state index contributed by atoms with van der Waals surface area (Å²) in [6, 6.07) is 10.7. The van der Waals surface area contributed by atoms with Crippen LogP contribution in [0.3, 0.4) is 0 Å². The van der Waals surface area contributed by atoms with Gasteiger partial charge in [-0.1, -0.05) is 23.7 Å². The van der Waals surface area contributed by atoms with Gasteiger partial charge in [0.1, 0.15) is 11.6 Å². The molecule has 7 heteroatoms. The van der Waals surface area contributed by atoms with E-state index in [2.05, 4.69) is 27.9 Å². The Bertz CT molecular complexity index is 899. The fraction of sp³-hybridized carbons (Fsp3) is 0.158. The molecule has 0 aliphatic heterocycles. The molecule has 0 radical (unpaired) electrons. The van der Waals surface area contributed by atoms with Crippen LogP contribution in [0.25, 0.3) is 6.08 Å². The van der Waals surface area contributed by atoms with Gasteiger partial charge in [0.15, 0.2) is 11.5 Å². The van der Waals surface area contributed by atoms with Gasteiger partial charge in [0.25, 0.3) is 5.91 Å². The molecule has 2 aromatic carbocycles. The molecule has 26 heavy (non-hydrogen) atoms. The van der Waals surface area contributed by atoms with Crippen molar-refractivity contribution in [2.75, 3.05) is 19.5 Å². The third kappa shape index (κ3) is 4.48. The standard InChI is InChI=1S/C19H16ClIN2O3/c1-11-5-4-6-14(20)17(11)23-19(24)13(10-22)7-12-8-15(21)18(26-3)16(9-12)25-2/h4-9H,1-3H3,(H,23,24). The maximum atomic E-state index is 12.5. The van der Waals surface area contributed by atoms with E-state index in [0.717, 1.165) is 9.13 Å². The topological polar surface area (TPSA) is 71.3 Å². The molecule has 0 bridgehead atoms. The second-order valence-corrected chi connectivity index (χ2v) is 6.86. The van der Waals surface area contributed by atoms with Gasteiger partial charge in [0.2, 0.25) is 0 Å². The van der Waals surface area contributed by atoms with Crippen molar-refractivity contribution in [3.63, 3.8) is 0 Å². The molecule has 0 spiro atoms. The summed E-state index contributed by atoms with van der Waals surface area (Å²) in [5.74, 6) is 0.582. The van der Waals surface area contributed by atoms with E-state index in [1.807, 2.05) is 19.1 Å². The molecule has 0 saturated heterocycles. The summed E-state index contributed by atoms with van der Waals surface area (Å²) in [4.78, 5) is 12.5. The average Bonchev–Trinajstić information content (AvgIpc) is 2.62. The highest BCUT2D eigenvalue weighted by Gasteiger charge is 2.15. The lowest BCUT2D eigenvalue weighted by molar-refractivity contribution is -0.112. The van der Waals surface area contributed by atoms with Crippen LogP contribution >= 0.6 is 34.2 Å². The minimum absolute atomic E-state index is 0.0488. The fourth-order valence-electron chi connectivity index (χ4n) is 2.31. The Balaban J connectivity index is 2.38. The molecular formula is C19H16ClIN2O3. The lowest BCUT2D eigenvalue weighted by atomic mass is 10.1.